The van der Waals surface area contributed by atoms with Crippen LogP contribution in [0.2, 0.25) is 0 Å². The van der Waals surface area contributed by atoms with E-state index in [-0.39, 0.29) is 0 Å². The quantitative estimate of drug-likeness (QED) is 0.184. The van der Waals surface area contributed by atoms with Gasteiger partial charge in [-0.25, -0.2) is 0 Å². The average molecular weight is 633 g/mol. The largest absolute Gasteiger partial charge is 0.394 e. The summed E-state index contributed by atoms with van der Waals surface area (Å²) in [6.07, 6.45) is 0. The van der Waals surface area contributed by atoms with Crippen molar-refractivity contribution < 1.29 is 26.6 Å². The molecule has 0 atom stereocenters. The fourth-order valence-corrected chi connectivity index (χ4v) is 13.9. The fourth-order valence-electron chi connectivity index (χ4n) is 5.92. The Hall–Kier alpha value is -2.71. The Morgan fingerprint density at radius 3 is 0.977 bits per heavy atom. The number of hydrogen-bond donors (Lipinski definition) is 0. The second-order valence-electron chi connectivity index (χ2n) is 10.7. The van der Waals surface area contributed by atoms with Crippen LogP contribution in [0.3, 0.4) is 0 Å². The lowest BCUT2D eigenvalue weighted by molar-refractivity contribution is 0.256. The summed E-state index contributed by atoms with van der Waals surface area (Å²) in [6.45, 7) is 2.19. The number of hydrogen-bond acceptors (Lipinski definition) is 6. The van der Waals surface area contributed by atoms with Gasteiger partial charge in [0.25, 0.3) is 0 Å². The highest BCUT2D eigenvalue weighted by Gasteiger charge is 2.43. The second kappa shape index (κ2) is 14.8. The predicted octanol–water partition coefficient (Wildman–Crippen LogP) is 4.17. The Morgan fingerprint density at radius 1 is 0.419 bits per heavy atom. The lowest BCUT2D eigenvalue weighted by atomic mass is 10.0. The van der Waals surface area contributed by atoms with Gasteiger partial charge in [-0.2, -0.15) is 0 Å². The summed E-state index contributed by atoms with van der Waals surface area (Å²) in [5, 5.41) is 3.28. The van der Waals surface area contributed by atoms with Gasteiger partial charge in [-0.05, 0) is 44.7 Å². The van der Waals surface area contributed by atoms with Gasteiger partial charge in [0.05, 0.1) is 0 Å². The third-order valence-corrected chi connectivity index (χ3v) is 18.7. The van der Waals surface area contributed by atoms with Crippen molar-refractivity contribution in [2.24, 2.45) is 0 Å². The Bertz CT molecular complexity index is 1350. The minimum atomic E-state index is -2.82. The van der Waals surface area contributed by atoms with Crippen LogP contribution in [0.4, 0.5) is 0 Å². The maximum absolute atomic E-state index is 6.27. The van der Waals surface area contributed by atoms with Crippen molar-refractivity contribution in [3.05, 3.63) is 125 Å². The normalized spacial score (nSPS) is 12.4. The lowest BCUT2D eigenvalue weighted by Gasteiger charge is -2.32. The standard InChI is InChI=1S/C34H44O6Si3/c1-28-30(26-42(37-4,38-5)33-19-13-9-14-20-33)23-29(25-41(35-2,36-3)32-17-11-8-12-18-32)24-31(28)27-43(39-6,40-7)34-21-15-10-16-22-34/h8-24H,25-27H2,1-7H3. The molecule has 0 N–H and O–H groups in total. The third kappa shape index (κ3) is 7.01. The maximum atomic E-state index is 6.27. The monoisotopic (exact) mass is 632 g/mol. The number of benzene rings is 4. The highest BCUT2D eigenvalue weighted by molar-refractivity contribution is 6.81. The van der Waals surface area contributed by atoms with Crippen molar-refractivity contribution in [2.45, 2.75) is 25.1 Å². The Kier molecular flexibility index (Phi) is 11.5. The van der Waals surface area contributed by atoms with Gasteiger partial charge in [-0.15, -0.1) is 0 Å². The first-order chi connectivity index (χ1) is 20.8. The minimum Gasteiger partial charge on any atom is -0.394 e. The van der Waals surface area contributed by atoms with Gasteiger partial charge in [0.2, 0.25) is 0 Å². The van der Waals surface area contributed by atoms with Gasteiger partial charge in [0.15, 0.2) is 0 Å². The van der Waals surface area contributed by atoms with Crippen molar-refractivity contribution in [2.75, 3.05) is 42.7 Å². The summed E-state index contributed by atoms with van der Waals surface area (Å²) in [5.41, 5.74) is 4.69. The van der Waals surface area contributed by atoms with Gasteiger partial charge < -0.3 is 26.6 Å². The first-order valence-electron chi connectivity index (χ1n) is 14.4. The summed E-state index contributed by atoms with van der Waals surface area (Å²) in [4.78, 5) is 0. The molecule has 228 valence electrons. The van der Waals surface area contributed by atoms with Crippen LogP contribution in [0.5, 0.6) is 0 Å². The SMILES string of the molecule is CO[Si](Cc1cc(C[Si](OC)(OC)c2ccccc2)c(C)c(C[Si](OC)(OC)c2ccccc2)c1)(OC)c1ccccc1. The molecule has 6 nitrogen and oxygen atoms in total. The predicted molar refractivity (Wildman–Crippen MR) is 180 cm³/mol. The zero-order valence-electron chi connectivity index (χ0n) is 26.4. The van der Waals surface area contributed by atoms with E-state index in [1.165, 1.54) is 16.7 Å². The van der Waals surface area contributed by atoms with E-state index in [1.54, 1.807) is 42.7 Å². The average Bonchev–Trinajstić information content (AvgIpc) is 3.08. The molecule has 0 aliphatic rings. The molecule has 4 rings (SSSR count). The molecule has 4 aromatic carbocycles. The molecule has 0 aromatic heterocycles. The van der Waals surface area contributed by atoms with Crippen LogP contribution < -0.4 is 15.6 Å². The molecule has 0 saturated heterocycles. The molecule has 0 unspecified atom stereocenters. The molecule has 0 aliphatic heterocycles. The highest BCUT2D eigenvalue weighted by atomic mass is 28.4. The van der Waals surface area contributed by atoms with Crippen LogP contribution in [-0.4, -0.2) is 68.3 Å². The van der Waals surface area contributed by atoms with Crippen molar-refractivity contribution in [1.82, 2.24) is 0 Å². The Morgan fingerprint density at radius 2 is 0.698 bits per heavy atom. The summed E-state index contributed by atoms with van der Waals surface area (Å²) >= 11 is 0. The van der Waals surface area contributed by atoms with Crippen molar-refractivity contribution in [1.29, 1.82) is 0 Å². The molecule has 4 aromatic rings. The maximum Gasteiger partial charge on any atom is 0.376 e. The van der Waals surface area contributed by atoms with Gasteiger partial charge in [0.1, 0.15) is 0 Å². The molecular weight excluding hydrogens is 589 g/mol. The van der Waals surface area contributed by atoms with E-state index in [4.69, 9.17) is 26.6 Å². The van der Waals surface area contributed by atoms with Crippen LogP contribution in [0.1, 0.15) is 22.3 Å². The van der Waals surface area contributed by atoms with Gasteiger partial charge in [0, 0.05) is 60.8 Å². The fraction of sp³-hybridized carbons (Fsp3) is 0.294. The number of rotatable bonds is 15. The summed E-state index contributed by atoms with van der Waals surface area (Å²) < 4.78 is 37.6. The lowest BCUT2D eigenvalue weighted by Crippen LogP contribution is -2.56. The van der Waals surface area contributed by atoms with Gasteiger partial charge >= 0.3 is 25.7 Å². The summed E-state index contributed by atoms with van der Waals surface area (Å²) in [7, 11) is 2.11. The van der Waals surface area contributed by atoms with Crippen LogP contribution in [0.25, 0.3) is 0 Å². The molecule has 0 aliphatic carbocycles. The molecule has 0 heterocycles. The van der Waals surface area contributed by atoms with E-state index in [9.17, 15) is 0 Å². The molecule has 0 spiro atoms. The van der Waals surface area contributed by atoms with Crippen molar-refractivity contribution in [3.8, 4) is 0 Å². The third-order valence-electron chi connectivity index (χ3n) is 8.59. The first kappa shape index (κ1) is 33.2. The van der Waals surface area contributed by atoms with E-state index < -0.39 is 25.7 Å². The molecule has 43 heavy (non-hydrogen) atoms. The minimum absolute atomic E-state index is 0.643. The van der Waals surface area contributed by atoms with E-state index in [2.05, 4.69) is 55.5 Å². The Labute approximate surface area is 260 Å². The Balaban J connectivity index is 1.88. The van der Waals surface area contributed by atoms with Crippen LogP contribution >= 0.6 is 0 Å². The van der Waals surface area contributed by atoms with Crippen LogP contribution in [0, 0.1) is 6.92 Å². The smallest absolute Gasteiger partial charge is 0.376 e. The molecule has 0 amide bonds. The van der Waals surface area contributed by atoms with Crippen LogP contribution in [0.15, 0.2) is 103 Å². The first-order valence-corrected chi connectivity index (χ1v) is 20.5. The molecular formula is C34H44O6Si3. The van der Waals surface area contributed by atoms with Gasteiger partial charge in [-0.3, -0.25) is 0 Å². The molecule has 0 bridgehead atoms. The van der Waals surface area contributed by atoms with E-state index in [0.29, 0.717) is 18.1 Å². The second-order valence-corrected chi connectivity index (χ2v) is 20.4. The van der Waals surface area contributed by atoms with Crippen molar-refractivity contribution in [3.63, 3.8) is 0 Å². The van der Waals surface area contributed by atoms with E-state index >= 15 is 0 Å². The molecule has 0 saturated carbocycles. The van der Waals surface area contributed by atoms with E-state index in [1.807, 2.05) is 54.6 Å². The van der Waals surface area contributed by atoms with Crippen LogP contribution in [-0.2, 0) is 44.7 Å². The molecule has 0 fully saturated rings. The molecule has 9 heteroatoms. The topological polar surface area (TPSA) is 55.4 Å². The summed E-state index contributed by atoms with van der Waals surface area (Å²) in [6, 6.07) is 37.4. The molecule has 0 radical (unpaired) electrons. The van der Waals surface area contributed by atoms with E-state index in [0.717, 1.165) is 21.1 Å². The zero-order chi connectivity index (χ0) is 30.9. The zero-order valence-corrected chi connectivity index (χ0v) is 29.4. The van der Waals surface area contributed by atoms with Gasteiger partial charge in [-0.1, -0.05) is 103 Å². The van der Waals surface area contributed by atoms with Crippen molar-refractivity contribution >= 4 is 41.2 Å². The summed E-state index contributed by atoms with van der Waals surface area (Å²) in [5.74, 6) is 0. The highest BCUT2D eigenvalue weighted by Crippen LogP contribution is 2.28.